The third kappa shape index (κ3) is 3.41. The van der Waals surface area contributed by atoms with Gasteiger partial charge in [-0.3, -0.25) is 0 Å². The molecule has 0 radical (unpaired) electrons. The lowest BCUT2D eigenvalue weighted by Gasteiger charge is -2.19. The predicted molar refractivity (Wildman–Crippen MR) is 73.2 cm³/mol. The zero-order chi connectivity index (χ0) is 14.0. The molecule has 102 valence electrons. The minimum atomic E-state index is -0.292. The number of oxazole rings is 1. The highest BCUT2D eigenvalue weighted by Crippen LogP contribution is 2.27. The second kappa shape index (κ2) is 5.13. The van der Waals surface area contributed by atoms with Crippen LogP contribution in [0.3, 0.4) is 0 Å². The number of halogens is 1. The molecule has 4 heteroatoms. The van der Waals surface area contributed by atoms with Crippen LogP contribution in [0.2, 0.25) is 0 Å². The van der Waals surface area contributed by atoms with Crippen molar-refractivity contribution in [2.45, 2.75) is 39.8 Å². The summed E-state index contributed by atoms with van der Waals surface area (Å²) in [6.45, 7) is 8.68. The van der Waals surface area contributed by atoms with Gasteiger partial charge in [-0.25, -0.2) is 9.37 Å². The standard InChI is InChI=1S/C15H19FN2O/c1-10-5-6-12(16)11(7-10)14-13(17-9-19-14)8-18-15(2,3)4/h5-7,9,18H,8H2,1-4H3. The van der Waals surface area contributed by atoms with Crippen molar-refractivity contribution in [2.75, 3.05) is 0 Å². The summed E-state index contributed by atoms with van der Waals surface area (Å²) in [6, 6.07) is 4.97. The Kier molecular flexibility index (Phi) is 3.71. The monoisotopic (exact) mass is 262 g/mol. The fraction of sp³-hybridized carbons (Fsp3) is 0.400. The Balaban J connectivity index is 2.31. The molecule has 0 unspecified atom stereocenters. The number of aromatic nitrogens is 1. The number of rotatable bonds is 3. The first-order valence-electron chi connectivity index (χ1n) is 6.31. The molecule has 2 aromatic rings. The second-order valence-corrected chi connectivity index (χ2v) is 5.72. The Bertz CT molecular complexity index is 570. The van der Waals surface area contributed by atoms with Crippen LogP contribution in [0.25, 0.3) is 11.3 Å². The van der Waals surface area contributed by atoms with Crippen LogP contribution in [0.15, 0.2) is 29.0 Å². The Morgan fingerprint density at radius 2 is 2.05 bits per heavy atom. The third-order valence-corrected chi connectivity index (χ3v) is 2.79. The first-order chi connectivity index (χ1) is 8.87. The molecule has 0 bridgehead atoms. The smallest absolute Gasteiger partial charge is 0.181 e. The molecule has 0 aliphatic rings. The minimum Gasteiger partial charge on any atom is -0.443 e. The Labute approximate surface area is 112 Å². The topological polar surface area (TPSA) is 38.1 Å². The van der Waals surface area contributed by atoms with Crippen molar-refractivity contribution >= 4 is 0 Å². The van der Waals surface area contributed by atoms with Crippen LogP contribution >= 0.6 is 0 Å². The molecule has 0 aliphatic carbocycles. The highest BCUT2D eigenvalue weighted by molar-refractivity contribution is 5.61. The summed E-state index contributed by atoms with van der Waals surface area (Å²) in [5.74, 6) is 0.206. The van der Waals surface area contributed by atoms with E-state index in [1.54, 1.807) is 12.1 Å². The molecule has 0 aliphatic heterocycles. The predicted octanol–water partition coefficient (Wildman–Crippen LogP) is 3.68. The van der Waals surface area contributed by atoms with Crippen LogP contribution in [0, 0.1) is 12.7 Å². The number of nitrogens with one attached hydrogen (secondary N) is 1. The van der Waals surface area contributed by atoms with Crippen molar-refractivity contribution in [3.05, 3.63) is 41.7 Å². The molecule has 2 rings (SSSR count). The quantitative estimate of drug-likeness (QED) is 0.917. The van der Waals surface area contributed by atoms with Gasteiger partial charge in [0.1, 0.15) is 11.5 Å². The summed E-state index contributed by atoms with van der Waals surface area (Å²) in [5.41, 5.74) is 2.15. The van der Waals surface area contributed by atoms with Gasteiger partial charge < -0.3 is 9.73 Å². The highest BCUT2D eigenvalue weighted by Gasteiger charge is 2.17. The van der Waals surface area contributed by atoms with Gasteiger partial charge in [-0.1, -0.05) is 11.6 Å². The molecular formula is C15H19FN2O. The normalized spacial score (nSPS) is 11.8. The Hall–Kier alpha value is -1.68. The van der Waals surface area contributed by atoms with Crippen molar-refractivity contribution in [3.8, 4) is 11.3 Å². The van der Waals surface area contributed by atoms with Gasteiger partial charge in [-0.05, 0) is 39.8 Å². The van der Waals surface area contributed by atoms with E-state index < -0.39 is 0 Å². The van der Waals surface area contributed by atoms with Gasteiger partial charge in [0.15, 0.2) is 12.2 Å². The number of aryl methyl sites for hydroxylation is 1. The molecule has 1 heterocycles. The molecule has 0 amide bonds. The summed E-state index contributed by atoms with van der Waals surface area (Å²) >= 11 is 0. The van der Waals surface area contributed by atoms with Gasteiger partial charge in [0, 0.05) is 12.1 Å². The van der Waals surface area contributed by atoms with E-state index in [9.17, 15) is 4.39 Å². The average molecular weight is 262 g/mol. The molecule has 3 nitrogen and oxygen atoms in total. The zero-order valence-corrected chi connectivity index (χ0v) is 11.7. The van der Waals surface area contributed by atoms with Gasteiger partial charge in [-0.15, -0.1) is 0 Å². The van der Waals surface area contributed by atoms with E-state index in [2.05, 4.69) is 31.1 Å². The van der Waals surface area contributed by atoms with E-state index in [1.165, 1.54) is 12.5 Å². The van der Waals surface area contributed by atoms with Crippen molar-refractivity contribution in [1.29, 1.82) is 0 Å². The average Bonchev–Trinajstić information content (AvgIpc) is 2.77. The van der Waals surface area contributed by atoms with E-state index in [0.29, 0.717) is 17.9 Å². The zero-order valence-electron chi connectivity index (χ0n) is 11.7. The van der Waals surface area contributed by atoms with E-state index >= 15 is 0 Å². The summed E-state index contributed by atoms with van der Waals surface area (Å²) < 4.78 is 19.2. The minimum absolute atomic E-state index is 0.0264. The van der Waals surface area contributed by atoms with Gasteiger partial charge in [-0.2, -0.15) is 0 Å². The molecule has 0 saturated carbocycles. The highest BCUT2D eigenvalue weighted by atomic mass is 19.1. The van der Waals surface area contributed by atoms with E-state index in [0.717, 1.165) is 11.3 Å². The maximum atomic E-state index is 13.9. The fourth-order valence-corrected chi connectivity index (χ4v) is 1.78. The molecule has 0 atom stereocenters. The molecule has 0 saturated heterocycles. The van der Waals surface area contributed by atoms with Gasteiger partial charge in [0.25, 0.3) is 0 Å². The lowest BCUT2D eigenvalue weighted by Crippen LogP contribution is -2.35. The van der Waals surface area contributed by atoms with Crippen LogP contribution < -0.4 is 5.32 Å². The second-order valence-electron chi connectivity index (χ2n) is 5.72. The van der Waals surface area contributed by atoms with Gasteiger partial charge in [0.2, 0.25) is 0 Å². The van der Waals surface area contributed by atoms with Crippen LogP contribution in [0.4, 0.5) is 4.39 Å². The third-order valence-electron chi connectivity index (χ3n) is 2.79. The van der Waals surface area contributed by atoms with Gasteiger partial charge in [0.05, 0.1) is 5.56 Å². The Morgan fingerprint density at radius 3 is 2.74 bits per heavy atom. The van der Waals surface area contributed by atoms with Crippen molar-refractivity contribution < 1.29 is 8.81 Å². The first-order valence-corrected chi connectivity index (χ1v) is 6.31. The molecule has 0 fully saturated rings. The largest absolute Gasteiger partial charge is 0.443 e. The molecule has 0 spiro atoms. The fourth-order valence-electron chi connectivity index (χ4n) is 1.78. The lowest BCUT2D eigenvalue weighted by molar-refractivity contribution is 0.421. The van der Waals surface area contributed by atoms with Crippen molar-refractivity contribution in [2.24, 2.45) is 0 Å². The van der Waals surface area contributed by atoms with Crippen LogP contribution in [0.1, 0.15) is 32.0 Å². The summed E-state index contributed by atoms with van der Waals surface area (Å²) in [5, 5.41) is 3.32. The van der Waals surface area contributed by atoms with Crippen LogP contribution in [-0.2, 0) is 6.54 Å². The van der Waals surface area contributed by atoms with Crippen molar-refractivity contribution in [3.63, 3.8) is 0 Å². The maximum Gasteiger partial charge on any atom is 0.181 e. The number of benzene rings is 1. The number of hydrogen-bond acceptors (Lipinski definition) is 3. The maximum absolute atomic E-state index is 13.9. The SMILES string of the molecule is Cc1ccc(F)c(-c2ocnc2CNC(C)(C)C)c1. The van der Waals surface area contributed by atoms with E-state index in [4.69, 9.17) is 4.42 Å². The summed E-state index contributed by atoms with van der Waals surface area (Å²) in [7, 11) is 0. The lowest BCUT2D eigenvalue weighted by atomic mass is 10.1. The van der Waals surface area contributed by atoms with E-state index in [-0.39, 0.29) is 11.4 Å². The summed E-state index contributed by atoms with van der Waals surface area (Å²) in [4.78, 5) is 4.17. The van der Waals surface area contributed by atoms with Crippen LogP contribution in [0.5, 0.6) is 0 Å². The molecule has 19 heavy (non-hydrogen) atoms. The molecule has 1 N–H and O–H groups in total. The molecule has 1 aromatic carbocycles. The number of nitrogens with zero attached hydrogens (tertiary/aromatic N) is 1. The van der Waals surface area contributed by atoms with Gasteiger partial charge >= 0.3 is 0 Å². The van der Waals surface area contributed by atoms with Crippen molar-refractivity contribution in [1.82, 2.24) is 10.3 Å². The van der Waals surface area contributed by atoms with Crippen LogP contribution in [-0.4, -0.2) is 10.5 Å². The Morgan fingerprint density at radius 1 is 1.32 bits per heavy atom. The van der Waals surface area contributed by atoms with E-state index in [1.807, 2.05) is 6.92 Å². The number of hydrogen-bond donors (Lipinski definition) is 1. The molecular weight excluding hydrogens is 243 g/mol. The molecule has 1 aromatic heterocycles. The summed E-state index contributed by atoms with van der Waals surface area (Å²) in [6.07, 6.45) is 1.36. The first kappa shape index (κ1) is 13.7.